The maximum atomic E-state index is 11.8. The third-order valence-electron chi connectivity index (χ3n) is 8.67. The van der Waals surface area contributed by atoms with Gasteiger partial charge in [-0.05, 0) is 86.4 Å². The number of hydrogen-bond acceptors (Lipinski definition) is 2. The summed E-state index contributed by atoms with van der Waals surface area (Å²) in [6.45, 7) is 4.56. The van der Waals surface area contributed by atoms with Crippen LogP contribution >= 0.6 is 0 Å². The van der Waals surface area contributed by atoms with Gasteiger partial charge in [-0.1, -0.05) is 13.8 Å². The van der Waals surface area contributed by atoms with Crippen molar-refractivity contribution in [1.82, 2.24) is 0 Å². The van der Waals surface area contributed by atoms with Gasteiger partial charge in [0.1, 0.15) is 5.78 Å². The Morgan fingerprint density at radius 2 is 1.86 bits per heavy atom. The lowest BCUT2D eigenvalue weighted by molar-refractivity contribution is -0.138. The van der Waals surface area contributed by atoms with E-state index < -0.39 is 5.60 Å². The topological polar surface area (TPSA) is 37.3 Å². The molecule has 1 unspecified atom stereocenters. The Morgan fingerprint density at radius 1 is 1.05 bits per heavy atom. The van der Waals surface area contributed by atoms with E-state index in [1.165, 1.54) is 32.1 Å². The molecule has 0 amide bonds. The van der Waals surface area contributed by atoms with Gasteiger partial charge < -0.3 is 5.11 Å². The molecule has 0 spiro atoms. The molecule has 2 nitrogen and oxygen atoms in total. The number of fused-ring (bicyclic) bond motifs is 5. The van der Waals surface area contributed by atoms with Crippen LogP contribution in [0.1, 0.15) is 78.1 Å². The fraction of sp³-hybridized carbons (Fsp3) is 0.950. The summed E-state index contributed by atoms with van der Waals surface area (Å²) >= 11 is 0. The molecule has 2 heteroatoms. The maximum absolute atomic E-state index is 11.8. The third kappa shape index (κ3) is 1.92. The molecule has 7 atom stereocenters. The summed E-state index contributed by atoms with van der Waals surface area (Å²) in [4.78, 5) is 11.8. The van der Waals surface area contributed by atoms with Gasteiger partial charge in [0.05, 0.1) is 5.60 Å². The molecule has 4 rings (SSSR count). The minimum atomic E-state index is -0.415. The van der Waals surface area contributed by atoms with Crippen LogP contribution < -0.4 is 0 Å². The molecule has 0 radical (unpaired) electrons. The average molecular weight is 304 g/mol. The van der Waals surface area contributed by atoms with Crippen molar-refractivity contribution in [2.24, 2.45) is 35.0 Å². The first-order valence-corrected chi connectivity index (χ1v) is 9.72. The molecule has 22 heavy (non-hydrogen) atoms. The van der Waals surface area contributed by atoms with E-state index >= 15 is 0 Å². The minimum Gasteiger partial charge on any atom is -0.389 e. The summed E-state index contributed by atoms with van der Waals surface area (Å²) in [7, 11) is 0. The molecule has 0 bridgehead atoms. The summed E-state index contributed by atoms with van der Waals surface area (Å²) in [5.41, 5.74) is -0.262. The zero-order valence-electron chi connectivity index (χ0n) is 14.3. The molecule has 124 valence electrons. The van der Waals surface area contributed by atoms with Crippen LogP contribution in [-0.4, -0.2) is 16.5 Å². The normalized spacial score (nSPS) is 54.5. The second-order valence-corrected chi connectivity index (χ2v) is 9.10. The van der Waals surface area contributed by atoms with E-state index in [4.69, 9.17) is 0 Å². The van der Waals surface area contributed by atoms with Crippen LogP contribution in [0.25, 0.3) is 0 Å². The molecule has 0 aromatic carbocycles. The van der Waals surface area contributed by atoms with E-state index in [2.05, 4.69) is 13.8 Å². The first-order chi connectivity index (χ1) is 10.5. The Hall–Kier alpha value is -0.370. The molecule has 4 saturated carbocycles. The van der Waals surface area contributed by atoms with E-state index in [0.29, 0.717) is 11.7 Å². The van der Waals surface area contributed by atoms with Crippen molar-refractivity contribution >= 4 is 5.78 Å². The summed E-state index contributed by atoms with van der Waals surface area (Å²) in [6.07, 6.45) is 11.1. The molecule has 0 aromatic heterocycles. The Labute approximate surface area is 135 Å². The monoisotopic (exact) mass is 304 g/mol. The molecular formula is C20H32O2. The van der Waals surface area contributed by atoms with Gasteiger partial charge in [0.25, 0.3) is 0 Å². The first kappa shape index (κ1) is 15.2. The number of carbonyl (C=O) groups excluding carboxylic acids is 1. The zero-order chi connectivity index (χ0) is 15.5. The average Bonchev–Trinajstić information content (AvgIpc) is 2.79. The molecule has 0 heterocycles. The van der Waals surface area contributed by atoms with Crippen LogP contribution in [0.2, 0.25) is 0 Å². The van der Waals surface area contributed by atoms with Crippen LogP contribution in [0.5, 0.6) is 0 Å². The number of hydrogen-bond donors (Lipinski definition) is 1. The summed E-state index contributed by atoms with van der Waals surface area (Å²) in [5, 5.41) is 11.2. The van der Waals surface area contributed by atoms with E-state index in [0.717, 1.165) is 55.8 Å². The van der Waals surface area contributed by atoms with E-state index in [1.807, 2.05) is 0 Å². The van der Waals surface area contributed by atoms with Crippen molar-refractivity contribution in [3.05, 3.63) is 0 Å². The quantitative estimate of drug-likeness (QED) is 0.782. The van der Waals surface area contributed by atoms with Crippen molar-refractivity contribution in [2.75, 3.05) is 0 Å². The molecule has 0 aliphatic heterocycles. The second-order valence-electron chi connectivity index (χ2n) is 9.10. The van der Waals surface area contributed by atoms with E-state index in [9.17, 15) is 9.90 Å². The lowest BCUT2D eigenvalue weighted by Crippen LogP contribution is -2.53. The van der Waals surface area contributed by atoms with Gasteiger partial charge in [-0.25, -0.2) is 0 Å². The number of aliphatic hydroxyl groups is 1. The lowest BCUT2D eigenvalue weighted by Gasteiger charge is -2.57. The van der Waals surface area contributed by atoms with E-state index in [1.54, 1.807) is 0 Å². The number of rotatable bonds is 1. The molecule has 4 aliphatic rings. The largest absolute Gasteiger partial charge is 0.389 e. The van der Waals surface area contributed by atoms with Crippen LogP contribution in [0, 0.1) is 35.0 Å². The highest BCUT2D eigenvalue weighted by atomic mass is 16.3. The predicted octanol–water partition coefficient (Wildman–Crippen LogP) is 4.35. The minimum absolute atomic E-state index is 0.153. The van der Waals surface area contributed by atoms with Crippen LogP contribution in [-0.2, 0) is 4.79 Å². The maximum Gasteiger partial charge on any atom is 0.133 e. The van der Waals surface area contributed by atoms with Gasteiger partial charge in [0.15, 0.2) is 0 Å². The van der Waals surface area contributed by atoms with Crippen molar-refractivity contribution in [2.45, 2.75) is 83.7 Å². The number of carbonyl (C=O) groups is 1. The predicted molar refractivity (Wildman–Crippen MR) is 87.4 cm³/mol. The van der Waals surface area contributed by atoms with Gasteiger partial charge in [0.2, 0.25) is 0 Å². The third-order valence-corrected chi connectivity index (χ3v) is 8.67. The van der Waals surface area contributed by atoms with Gasteiger partial charge in [0, 0.05) is 12.8 Å². The highest BCUT2D eigenvalue weighted by Gasteiger charge is 2.61. The van der Waals surface area contributed by atoms with Crippen molar-refractivity contribution in [1.29, 1.82) is 0 Å². The van der Waals surface area contributed by atoms with Gasteiger partial charge in [-0.2, -0.15) is 0 Å². The summed E-state index contributed by atoms with van der Waals surface area (Å²) in [5.74, 6) is 4.43. The molecule has 4 fully saturated rings. The van der Waals surface area contributed by atoms with Crippen molar-refractivity contribution < 1.29 is 9.90 Å². The Balaban J connectivity index is 1.59. The van der Waals surface area contributed by atoms with Crippen LogP contribution in [0.15, 0.2) is 0 Å². The highest BCUT2D eigenvalue weighted by Crippen LogP contribution is 2.65. The molecule has 0 aromatic rings. The van der Waals surface area contributed by atoms with Gasteiger partial charge in [-0.15, -0.1) is 0 Å². The zero-order valence-corrected chi connectivity index (χ0v) is 14.3. The fourth-order valence-corrected chi connectivity index (χ4v) is 7.35. The Bertz CT molecular complexity index is 472. The van der Waals surface area contributed by atoms with Crippen LogP contribution in [0.4, 0.5) is 0 Å². The fourth-order valence-electron chi connectivity index (χ4n) is 7.35. The highest BCUT2D eigenvalue weighted by molar-refractivity contribution is 5.79. The Morgan fingerprint density at radius 3 is 2.64 bits per heavy atom. The molecule has 4 aliphatic carbocycles. The van der Waals surface area contributed by atoms with Gasteiger partial charge >= 0.3 is 0 Å². The second kappa shape index (κ2) is 5.06. The summed E-state index contributed by atoms with van der Waals surface area (Å²) in [6, 6.07) is 0. The van der Waals surface area contributed by atoms with Crippen molar-refractivity contribution in [3.8, 4) is 0 Å². The SMILES string of the molecule is CCC1(O)CC[C@@H]2[C@@H]3CC[C@@H]4CC(=O)CC[C@@H]4[C@@H]3CC[C@@]21C. The number of ketones is 1. The van der Waals surface area contributed by atoms with Crippen molar-refractivity contribution in [3.63, 3.8) is 0 Å². The standard InChI is InChI=1S/C20H32O2/c1-3-20(22)11-9-18-17-6-4-13-12-14(21)5-7-15(13)16(17)8-10-19(18,20)2/h13,15-18,22H,3-12H2,1-2H3/t13-,15+,16+,17-,18-,19+,20?/m1/s1. The molecule has 1 N–H and O–H groups in total. The first-order valence-electron chi connectivity index (χ1n) is 9.72. The van der Waals surface area contributed by atoms with Crippen LogP contribution in [0.3, 0.4) is 0 Å². The Kier molecular flexibility index (Phi) is 3.49. The smallest absolute Gasteiger partial charge is 0.133 e. The lowest BCUT2D eigenvalue weighted by atomic mass is 9.49. The molecule has 0 saturated heterocycles. The molecular weight excluding hydrogens is 272 g/mol. The summed E-state index contributed by atoms with van der Waals surface area (Å²) < 4.78 is 0. The van der Waals surface area contributed by atoms with E-state index in [-0.39, 0.29) is 5.41 Å². The number of Topliss-reactive ketones (excluding diaryl/α,β-unsaturated/α-hetero) is 1. The van der Waals surface area contributed by atoms with Gasteiger partial charge in [-0.3, -0.25) is 4.79 Å².